The molecule has 0 saturated carbocycles. The van der Waals surface area contributed by atoms with Gasteiger partial charge in [-0.2, -0.15) is 5.10 Å². The minimum absolute atomic E-state index is 0.0167. The molecule has 6 nitrogen and oxygen atoms in total. The molecule has 0 fully saturated rings. The van der Waals surface area contributed by atoms with Crippen LogP contribution in [0.4, 0.5) is 5.69 Å². The van der Waals surface area contributed by atoms with E-state index in [1.165, 1.54) is 6.92 Å². The maximum Gasteiger partial charge on any atom is 0.246 e. The van der Waals surface area contributed by atoms with E-state index in [1.54, 1.807) is 17.1 Å². The van der Waals surface area contributed by atoms with E-state index >= 15 is 0 Å². The summed E-state index contributed by atoms with van der Waals surface area (Å²) in [5.74, 6) is -0.122. The van der Waals surface area contributed by atoms with Gasteiger partial charge in [0.15, 0.2) is 0 Å². The number of unbranched alkanes of at least 4 members (excludes halogenated alkanes) is 2. The Morgan fingerprint density at radius 3 is 2.50 bits per heavy atom. The molecule has 0 aliphatic heterocycles. The summed E-state index contributed by atoms with van der Waals surface area (Å²) in [5.41, 5.74) is 4.88. The van der Waals surface area contributed by atoms with Gasteiger partial charge < -0.3 is 10.2 Å². The van der Waals surface area contributed by atoms with Crippen molar-refractivity contribution in [2.75, 3.05) is 18.9 Å². The van der Waals surface area contributed by atoms with Crippen molar-refractivity contribution < 1.29 is 9.59 Å². The molecule has 0 aliphatic rings. The highest BCUT2D eigenvalue weighted by molar-refractivity contribution is 5.92. The van der Waals surface area contributed by atoms with Crippen LogP contribution in [0.1, 0.15) is 37.4 Å². The van der Waals surface area contributed by atoms with Crippen molar-refractivity contribution in [1.82, 2.24) is 15.1 Å². The van der Waals surface area contributed by atoms with Gasteiger partial charge in [-0.05, 0) is 49.1 Å². The summed E-state index contributed by atoms with van der Waals surface area (Å²) in [5, 5.41) is 10.2. The van der Waals surface area contributed by atoms with Crippen molar-refractivity contribution in [3.63, 3.8) is 0 Å². The number of nitrogens with one attached hydrogen (secondary N) is 2. The minimum Gasteiger partial charge on any atom is -0.342 e. The molecular weight excluding hydrogens is 400 g/mol. The van der Waals surface area contributed by atoms with Gasteiger partial charge in [-0.15, -0.1) is 0 Å². The first kappa shape index (κ1) is 23.0. The fourth-order valence-corrected chi connectivity index (χ4v) is 3.37. The van der Waals surface area contributed by atoms with Crippen LogP contribution in [0.15, 0.2) is 66.7 Å². The number of aromatic nitrogens is 2. The molecule has 3 rings (SSSR count). The van der Waals surface area contributed by atoms with Gasteiger partial charge in [0.1, 0.15) is 0 Å². The average Bonchev–Trinajstić information content (AvgIpc) is 3.27. The van der Waals surface area contributed by atoms with Gasteiger partial charge >= 0.3 is 0 Å². The minimum atomic E-state index is -0.105. The Hall–Kier alpha value is -3.67. The number of benzene rings is 2. The highest BCUT2D eigenvalue weighted by Crippen LogP contribution is 2.18. The van der Waals surface area contributed by atoms with Gasteiger partial charge in [-0.3, -0.25) is 14.7 Å². The van der Waals surface area contributed by atoms with Crippen LogP contribution in [0.5, 0.6) is 0 Å². The third-order valence-electron chi connectivity index (χ3n) is 5.17. The van der Waals surface area contributed by atoms with E-state index in [9.17, 15) is 9.59 Å². The second-order valence-electron chi connectivity index (χ2n) is 7.85. The third-order valence-corrected chi connectivity index (χ3v) is 5.17. The number of rotatable bonds is 10. The molecule has 0 radical (unpaired) electrons. The summed E-state index contributed by atoms with van der Waals surface area (Å²) >= 11 is 0. The Bertz CT molecular complexity index is 1040. The lowest BCUT2D eigenvalue weighted by atomic mass is 10.1. The predicted octanol–water partition coefficient (Wildman–Crippen LogP) is 4.92. The first-order valence-corrected chi connectivity index (χ1v) is 10.9. The fourth-order valence-electron chi connectivity index (χ4n) is 3.37. The number of likely N-dealkylation sites (N-methyl/N-ethyl adjacent to an activating group) is 1. The van der Waals surface area contributed by atoms with E-state index in [4.69, 9.17) is 0 Å². The van der Waals surface area contributed by atoms with Crippen molar-refractivity contribution >= 4 is 23.6 Å². The van der Waals surface area contributed by atoms with Gasteiger partial charge in [0.25, 0.3) is 0 Å². The molecule has 0 aliphatic carbocycles. The molecule has 0 saturated heterocycles. The van der Waals surface area contributed by atoms with Gasteiger partial charge in [-0.1, -0.05) is 48.9 Å². The van der Waals surface area contributed by atoms with E-state index in [2.05, 4.69) is 33.7 Å². The monoisotopic (exact) mass is 430 g/mol. The van der Waals surface area contributed by atoms with Gasteiger partial charge in [-0.25, -0.2) is 0 Å². The number of nitrogens with zero attached hydrogens (tertiary/aromatic N) is 2. The number of hydrogen-bond donors (Lipinski definition) is 2. The van der Waals surface area contributed by atoms with Gasteiger partial charge in [0, 0.05) is 43.5 Å². The molecule has 0 atom stereocenters. The molecule has 0 spiro atoms. The number of aromatic amines is 1. The summed E-state index contributed by atoms with van der Waals surface area (Å²) in [7, 11) is 1.83. The highest BCUT2D eigenvalue weighted by Gasteiger charge is 2.06. The lowest BCUT2D eigenvalue weighted by molar-refractivity contribution is -0.124. The Balaban J connectivity index is 1.35. The number of hydrogen-bond acceptors (Lipinski definition) is 3. The van der Waals surface area contributed by atoms with Crippen molar-refractivity contribution in [3.8, 4) is 11.3 Å². The summed E-state index contributed by atoms with van der Waals surface area (Å²) in [6.45, 7) is 2.20. The standard InChI is InChI=1S/C26H30N4O2/c1-20(31)27-23-15-12-21(13-16-23)14-17-26(32)30(2)18-8-4-7-11-24-19-25(29-28-24)22-9-5-3-6-10-22/h3,5-6,9-10,12-17,19H,4,7-8,11,18H2,1-2H3,(H,27,31)(H,28,29). The number of carbonyl (C=O) groups excluding carboxylic acids is 2. The predicted molar refractivity (Wildman–Crippen MR) is 129 cm³/mol. The Kier molecular flexibility index (Phi) is 8.37. The van der Waals surface area contributed by atoms with Gasteiger partial charge in [0.2, 0.25) is 11.8 Å². The Labute approximate surface area is 189 Å². The Morgan fingerprint density at radius 1 is 1.03 bits per heavy atom. The molecule has 32 heavy (non-hydrogen) atoms. The first-order chi connectivity index (χ1) is 15.5. The van der Waals surface area contributed by atoms with Crippen LogP contribution >= 0.6 is 0 Å². The second kappa shape index (κ2) is 11.6. The van der Waals surface area contributed by atoms with Crippen molar-refractivity contribution in [1.29, 1.82) is 0 Å². The largest absolute Gasteiger partial charge is 0.342 e. The van der Waals surface area contributed by atoms with E-state index in [0.29, 0.717) is 0 Å². The van der Waals surface area contributed by atoms with Crippen LogP contribution in [0.2, 0.25) is 0 Å². The fraction of sp³-hybridized carbons (Fsp3) is 0.269. The quantitative estimate of drug-likeness (QED) is 0.354. The highest BCUT2D eigenvalue weighted by atomic mass is 16.2. The second-order valence-corrected chi connectivity index (χ2v) is 7.85. The number of aryl methyl sites for hydroxylation is 1. The van der Waals surface area contributed by atoms with Crippen LogP contribution < -0.4 is 5.32 Å². The van der Waals surface area contributed by atoms with Crippen LogP contribution in [-0.4, -0.2) is 40.5 Å². The number of H-pyrrole nitrogens is 1. The molecule has 2 aromatic carbocycles. The SMILES string of the molecule is CC(=O)Nc1ccc(C=CC(=O)N(C)CCCCCc2cc(-c3ccccc3)n[nH]2)cc1. The zero-order valence-electron chi connectivity index (χ0n) is 18.7. The zero-order chi connectivity index (χ0) is 22.8. The summed E-state index contributed by atoms with van der Waals surface area (Å²) < 4.78 is 0. The molecular formula is C26H30N4O2. The molecule has 3 aromatic rings. The summed E-state index contributed by atoms with van der Waals surface area (Å²) in [4.78, 5) is 25.1. The molecule has 2 amide bonds. The topological polar surface area (TPSA) is 78.1 Å². The van der Waals surface area contributed by atoms with Crippen LogP contribution in [0.3, 0.4) is 0 Å². The van der Waals surface area contributed by atoms with Crippen LogP contribution in [-0.2, 0) is 16.0 Å². The summed E-state index contributed by atoms with van der Waals surface area (Å²) in [6.07, 6.45) is 7.38. The number of carbonyl (C=O) groups is 2. The molecule has 1 heterocycles. The van der Waals surface area contributed by atoms with Crippen LogP contribution in [0.25, 0.3) is 17.3 Å². The smallest absolute Gasteiger partial charge is 0.246 e. The van der Waals surface area contributed by atoms with Crippen molar-refractivity contribution in [2.45, 2.75) is 32.6 Å². The van der Waals surface area contributed by atoms with E-state index in [-0.39, 0.29) is 11.8 Å². The van der Waals surface area contributed by atoms with Crippen molar-refractivity contribution in [2.24, 2.45) is 0 Å². The first-order valence-electron chi connectivity index (χ1n) is 10.9. The lowest BCUT2D eigenvalue weighted by Crippen LogP contribution is -2.25. The zero-order valence-corrected chi connectivity index (χ0v) is 18.7. The maximum absolute atomic E-state index is 12.3. The molecule has 0 bridgehead atoms. The lowest BCUT2D eigenvalue weighted by Gasteiger charge is -2.14. The van der Waals surface area contributed by atoms with Gasteiger partial charge in [0.05, 0.1) is 5.69 Å². The Morgan fingerprint density at radius 2 is 1.78 bits per heavy atom. The number of anilines is 1. The molecule has 6 heteroatoms. The maximum atomic E-state index is 12.3. The van der Waals surface area contributed by atoms with E-state index in [0.717, 1.165) is 60.4 Å². The number of amides is 2. The summed E-state index contributed by atoms with van der Waals surface area (Å²) in [6, 6.07) is 19.6. The molecule has 2 N–H and O–H groups in total. The van der Waals surface area contributed by atoms with Crippen LogP contribution in [0, 0.1) is 0 Å². The molecule has 166 valence electrons. The molecule has 1 aromatic heterocycles. The normalized spacial score (nSPS) is 10.9. The molecule has 0 unspecified atom stereocenters. The van der Waals surface area contributed by atoms with E-state index < -0.39 is 0 Å². The third kappa shape index (κ3) is 7.23. The van der Waals surface area contributed by atoms with Crippen molar-refractivity contribution in [3.05, 3.63) is 78.0 Å². The van der Waals surface area contributed by atoms with E-state index in [1.807, 2.05) is 49.5 Å². The average molecular weight is 431 g/mol.